The number of rotatable bonds is 1. The number of nitrogens with zero attached hydrogens (tertiary/aromatic N) is 1. The molecule has 132 valence electrons. The van der Waals surface area contributed by atoms with Crippen LogP contribution in [-0.4, -0.2) is 11.8 Å². The van der Waals surface area contributed by atoms with Crippen molar-refractivity contribution in [2.24, 2.45) is 0 Å². The van der Waals surface area contributed by atoms with Gasteiger partial charge in [0.15, 0.2) is 0 Å². The Bertz CT molecular complexity index is 1100. The van der Waals surface area contributed by atoms with Gasteiger partial charge < -0.3 is 10.6 Å². The third-order valence-corrected chi connectivity index (χ3v) is 5.47. The number of halogens is 1. The average molecular weight is 420 g/mol. The third-order valence-electron chi connectivity index (χ3n) is 4.97. The second kappa shape index (κ2) is 5.69. The molecule has 3 aromatic carbocycles. The lowest BCUT2D eigenvalue weighted by atomic mass is 9.92. The molecular formula is C21H14BrN3O2. The van der Waals surface area contributed by atoms with Gasteiger partial charge in [0.25, 0.3) is 11.8 Å². The van der Waals surface area contributed by atoms with E-state index in [1.54, 1.807) is 11.0 Å². The summed E-state index contributed by atoms with van der Waals surface area (Å²) in [6.45, 7) is 0. The van der Waals surface area contributed by atoms with Crippen molar-refractivity contribution in [2.45, 2.75) is 5.66 Å². The van der Waals surface area contributed by atoms with Crippen LogP contribution in [0.5, 0.6) is 0 Å². The molecule has 2 heterocycles. The molecule has 1 spiro atoms. The zero-order valence-electron chi connectivity index (χ0n) is 14.1. The summed E-state index contributed by atoms with van der Waals surface area (Å²) in [5.41, 5.74) is 1.84. The van der Waals surface area contributed by atoms with Crippen molar-refractivity contribution in [3.05, 3.63) is 88.4 Å². The maximum Gasteiger partial charge on any atom is 0.276 e. The van der Waals surface area contributed by atoms with Crippen LogP contribution >= 0.6 is 15.9 Å². The van der Waals surface area contributed by atoms with E-state index in [0.29, 0.717) is 28.2 Å². The van der Waals surface area contributed by atoms with Crippen molar-refractivity contribution in [2.75, 3.05) is 15.5 Å². The lowest BCUT2D eigenvalue weighted by Gasteiger charge is -2.44. The number of benzene rings is 3. The molecule has 5 nitrogen and oxygen atoms in total. The first kappa shape index (κ1) is 16.1. The first-order valence-corrected chi connectivity index (χ1v) is 9.29. The van der Waals surface area contributed by atoms with Crippen molar-refractivity contribution >= 4 is 44.8 Å². The number of anilines is 3. The van der Waals surface area contributed by atoms with Gasteiger partial charge in [-0.15, -0.1) is 0 Å². The molecule has 0 saturated heterocycles. The Morgan fingerprint density at radius 3 is 2.41 bits per heavy atom. The van der Waals surface area contributed by atoms with Crippen LogP contribution in [0.3, 0.4) is 0 Å². The van der Waals surface area contributed by atoms with Crippen molar-refractivity contribution in [3.63, 3.8) is 0 Å². The van der Waals surface area contributed by atoms with Crippen molar-refractivity contribution < 1.29 is 9.59 Å². The summed E-state index contributed by atoms with van der Waals surface area (Å²) in [7, 11) is 0. The fourth-order valence-corrected chi connectivity index (χ4v) is 4.16. The van der Waals surface area contributed by atoms with E-state index >= 15 is 0 Å². The summed E-state index contributed by atoms with van der Waals surface area (Å²) >= 11 is 3.49. The van der Waals surface area contributed by atoms with Gasteiger partial charge >= 0.3 is 0 Å². The Balaban J connectivity index is 1.83. The first-order valence-electron chi connectivity index (χ1n) is 8.49. The van der Waals surface area contributed by atoms with Gasteiger partial charge in [-0.2, -0.15) is 0 Å². The molecule has 6 heteroatoms. The fourth-order valence-electron chi connectivity index (χ4n) is 3.80. The molecule has 0 bridgehead atoms. The lowest BCUT2D eigenvalue weighted by molar-refractivity contribution is -0.119. The summed E-state index contributed by atoms with van der Waals surface area (Å²) in [6.07, 6.45) is 0. The molecule has 1 atom stereocenters. The van der Waals surface area contributed by atoms with E-state index in [9.17, 15) is 9.59 Å². The summed E-state index contributed by atoms with van der Waals surface area (Å²) in [6, 6.07) is 22.1. The Hall–Kier alpha value is -3.12. The SMILES string of the molecule is O=C1c2ccccc2NC2(C(=O)Nc3ccc(Br)cc32)N1c1ccccc1. The third kappa shape index (κ3) is 2.16. The second-order valence-electron chi connectivity index (χ2n) is 6.50. The zero-order chi connectivity index (χ0) is 18.6. The predicted molar refractivity (Wildman–Crippen MR) is 108 cm³/mol. The van der Waals surface area contributed by atoms with E-state index in [1.165, 1.54) is 0 Å². The number of amides is 2. The Morgan fingerprint density at radius 2 is 1.59 bits per heavy atom. The quantitative estimate of drug-likeness (QED) is 0.616. The minimum atomic E-state index is -1.36. The number of nitrogens with one attached hydrogen (secondary N) is 2. The molecule has 2 aliphatic rings. The van der Waals surface area contributed by atoms with E-state index in [4.69, 9.17) is 0 Å². The van der Waals surface area contributed by atoms with Crippen LogP contribution in [0.15, 0.2) is 77.3 Å². The van der Waals surface area contributed by atoms with Crippen LogP contribution in [-0.2, 0) is 10.5 Å². The van der Waals surface area contributed by atoms with E-state index in [2.05, 4.69) is 26.6 Å². The van der Waals surface area contributed by atoms with E-state index in [0.717, 1.165) is 4.47 Å². The summed E-state index contributed by atoms with van der Waals surface area (Å²) in [4.78, 5) is 28.3. The molecule has 0 aromatic heterocycles. The fraction of sp³-hybridized carbons (Fsp3) is 0.0476. The van der Waals surface area contributed by atoms with Gasteiger partial charge in [-0.1, -0.05) is 46.3 Å². The molecule has 0 fully saturated rings. The highest BCUT2D eigenvalue weighted by Gasteiger charge is 2.57. The highest BCUT2D eigenvalue weighted by Crippen LogP contribution is 2.47. The molecule has 0 saturated carbocycles. The molecule has 3 aromatic rings. The maximum absolute atomic E-state index is 13.5. The number of carbonyl (C=O) groups is 2. The molecule has 1 unspecified atom stereocenters. The lowest BCUT2D eigenvalue weighted by Crippen LogP contribution is -2.61. The number of carbonyl (C=O) groups excluding carboxylic acids is 2. The molecule has 2 aliphatic heterocycles. The Morgan fingerprint density at radius 1 is 0.852 bits per heavy atom. The highest BCUT2D eigenvalue weighted by atomic mass is 79.9. The first-order chi connectivity index (χ1) is 13.1. The topological polar surface area (TPSA) is 61.4 Å². The minimum absolute atomic E-state index is 0.224. The van der Waals surface area contributed by atoms with Gasteiger partial charge in [0.2, 0.25) is 5.66 Å². The maximum atomic E-state index is 13.5. The van der Waals surface area contributed by atoms with Gasteiger partial charge in [0.05, 0.1) is 5.56 Å². The Labute approximate surface area is 164 Å². The number of hydrogen-bond acceptors (Lipinski definition) is 3. The van der Waals surface area contributed by atoms with Crippen LogP contribution in [0.2, 0.25) is 0 Å². The van der Waals surface area contributed by atoms with Crippen molar-refractivity contribution in [1.82, 2.24) is 0 Å². The van der Waals surface area contributed by atoms with Gasteiger partial charge in [-0.25, -0.2) is 0 Å². The molecular weight excluding hydrogens is 406 g/mol. The summed E-state index contributed by atoms with van der Waals surface area (Å²) in [5, 5.41) is 6.28. The summed E-state index contributed by atoms with van der Waals surface area (Å²) < 4.78 is 0.832. The van der Waals surface area contributed by atoms with Crippen LogP contribution in [0.4, 0.5) is 17.1 Å². The van der Waals surface area contributed by atoms with Gasteiger partial charge in [0, 0.05) is 27.1 Å². The predicted octanol–water partition coefficient (Wildman–Crippen LogP) is 4.33. The van der Waals surface area contributed by atoms with E-state index in [-0.39, 0.29) is 11.8 Å². The molecule has 2 amide bonds. The zero-order valence-corrected chi connectivity index (χ0v) is 15.7. The van der Waals surface area contributed by atoms with Gasteiger partial charge in [-0.05, 0) is 42.5 Å². The highest BCUT2D eigenvalue weighted by molar-refractivity contribution is 9.10. The van der Waals surface area contributed by atoms with Crippen LogP contribution in [0, 0.1) is 0 Å². The summed E-state index contributed by atoms with van der Waals surface area (Å²) in [5.74, 6) is -0.513. The molecule has 27 heavy (non-hydrogen) atoms. The molecule has 2 N–H and O–H groups in total. The number of fused-ring (bicyclic) bond motifs is 3. The van der Waals surface area contributed by atoms with E-state index in [1.807, 2.05) is 66.7 Å². The van der Waals surface area contributed by atoms with Crippen LogP contribution in [0.25, 0.3) is 0 Å². The van der Waals surface area contributed by atoms with Gasteiger partial charge in [-0.3, -0.25) is 14.5 Å². The van der Waals surface area contributed by atoms with Crippen LogP contribution in [0.1, 0.15) is 15.9 Å². The second-order valence-corrected chi connectivity index (χ2v) is 7.42. The normalized spacial score (nSPS) is 20.1. The van der Waals surface area contributed by atoms with E-state index < -0.39 is 5.66 Å². The molecule has 0 radical (unpaired) electrons. The van der Waals surface area contributed by atoms with Gasteiger partial charge in [0.1, 0.15) is 0 Å². The molecule has 5 rings (SSSR count). The standard InChI is InChI=1S/C21H14BrN3O2/c22-13-10-11-18-16(12-13)21(20(27)23-18)24-17-9-5-4-8-15(17)19(26)25(21)14-6-2-1-3-7-14/h1-12,24H,(H,23,27). The van der Waals surface area contributed by atoms with Crippen molar-refractivity contribution in [3.8, 4) is 0 Å². The minimum Gasteiger partial charge on any atom is -0.350 e. The van der Waals surface area contributed by atoms with Crippen LogP contribution < -0.4 is 15.5 Å². The smallest absolute Gasteiger partial charge is 0.276 e. The largest absolute Gasteiger partial charge is 0.350 e. The number of para-hydroxylation sites is 2. The van der Waals surface area contributed by atoms with Crippen molar-refractivity contribution in [1.29, 1.82) is 0 Å². The average Bonchev–Trinajstić information content (AvgIpc) is 2.94. The monoisotopic (exact) mass is 419 g/mol. The Kier molecular flexibility index (Phi) is 3.39. The number of hydrogen-bond donors (Lipinski definition) is 2. The molecule has 0 aliphatic carbocycles.